The van der Waals surface area contributed by atoms with Crippen LogP contribution < -0.4 is 19.1 Å². The first-order chi connectivity index (χ1) is 14.4. The molecule has 0 radical (unpaired) electrons. The molecule has 7 nitrogen and oxygen atoms in total. The first kappa shape index (κ1) is 22.9. The number of aryl methyl sites for hydroxylation is 1. The number of anilines is 2. The van der Waals surface area contributed by atoms with Gasteiger partial charge in [-0.2, -0.15) is 0 Å². The second-order valence-electron chi connectivity index (χ2n) is 8.90. The number of hydrogen-bond acceptors (Lipinski definition) is 5. The van der Waals surface area contributed by atoms with Crippen LogP contribution in [0.5, 0.6) is 11.5 Å². The van der Waals surface area contributed by atoms with Gasteiger partial charge in [-0.15, -0.1) is 0 Å². The van der Waals surface area contributed by atoms with Gasteiger partial charge in [0, 0.05) is 12.6 Å². The standard InChI is InChI=1S/C23H30N2O5S/c1-15(2)13-25-19-9-7-17(12-21(19)30-14-23(4,5)22(25)26)24-31(27,28)18-8-10-20(29-6)16(3)11-18/h7-12,15,24H,13-14H2,1-6H3. The van der Waals surface area contributed by atoms with Crippen LogP contribution in [0.2, 0.25) is 0 Å². The molecule has 1 N–H and O–H groups in total. The quantitative estimate of drug-likeness (QED) is 0.718. The van der Waals surface area contributed by atoms with E-state index in [-0.39, 0.29) is 23.3 Å². The number of rotatable bonds is 6. The summed E-state index contributed by atoms with van der Waals surface area (Å²) in [5.41, 5.74) is 1.05. The van der Waals surface area contributed by atoms with E-state index < -0.39 is 15.4 Å². The molecule has 0 fully saturated rings. The molecule has 2 aromatic rings. The Morgan fingerprint density at radius 1 is 1.19 bits per heavy atom. The number of hydrogen-bond donors (Lipinski definition) is 1. The van der Waals surface area contributed by atoms with Gasteiger partial charge in [-0.05, 0) is 62.6 Å². The molecular formula is C23H30N2O5S. The average molecular weight is 447 g/mol. The predicted octanol–water partition coefficient (Wildman–Crippen LogP) is 4.21. The van der Waals surface area contributed by atoms with E-state index in [2.05, 4.69) is 4.72 Å². The van der Waals surface area contributed by atoms with E-state index in [1.165, 1.54) is 6.07 Å². The van der Waals surface area contributed by atoms with Crippen molar-refractivity contribution in [1.29, 1.82) is 0 Å². The first-order valence-corrected chi connectivity index (χ1v) is 11.7. The number of sulfonamides is 1. The van der Waals surface area contributed by atoms with Gasteiger partial charge in [0.05, 0.1) is 28.8 Å². The zero-order valence-electron chi connectivity index (χ0n) is 18.9. The maximum atomic E-state index is 13.1. The Labute approximate surface area is 184 Å². The molecular weight excluding hydrogens is 416 g/mol. The summed E-state index contributed by atoms with van der Waals surface area (Å²) in [6.45, 7) is 10.3. The van der Waals surface area contributed by atoms with Crippen LogP contribution in [0, 0.1) is 18.3 Å². The van der Waals surface area contributed by atoms with Gasteiger partial charge in [-0.1, -0.05) is 13.8 Å². The summed E-state index contributed by atoms with van der Waals surface area (Å²) in [5.74, 6) is 1.35. The van der Waals surface area contributed by atoms with Crippen LogP contribution >= 0.6 is 0 Å². The zero-order valence-corrected chi connectivity index (χ0v) is 19.7. The highest BCUT2D eigenvalue weighted by atomic mass is 32.2. The normalized spacial score (nSPS) is 15.8. The summed E-state index contributed by atoms with van der Waals surface area (Å²) in [6.07, 6.45) is 0. The molecule has 0 saturated heterocycles. The smallest absolute Gasteiger partial charge is 0.261 e. The maximum Gasteiger partial charge on any atom is 0.261 e. The van der Waals surface area contributed by atoms with Crippen LogP contribution in [0.4, 0.5) is 11.4 Å². The van der Waals surface area contributed by atoms with E-state index in [4.69, 9.17) is 9.47 Å². The van der Waals surface area contributed by atoms with Gasteiger partial charge in [-0.25, -0.2) is 8.42 Å². The molecule has 8 heteroatoms. The third-order valence-electron chi connectivity index (χ3n) is 5.14. The Morgan fingerprint density at radius 3 is 2.52 bits per heavy atom. The highest BCUT2D eigenvalue weighted by Gasteiger charge is 2.38. The van der Waals surface area contributed by atoms with Gasteiger partial charge in [0.25, 0.3) is 10.0 Å². The van der Waals surface area contributed by atoms with Crippen LogP contribution in [0.3, 0.4) is 0 Å². The Morgan fingerprint density at radius 2 is 1.90 bits per heavy atom. The summed E-state index contributed by atoms with van der Waals surface area (Å²) < 4.78 is 39.5. The minimum Gasteiger partial charge on any atom is -0.496 e. The van der Waals surface area contributed by atoms with Crippen molar-refractivity contribution in [2.75, 3.05) is 29.9 Å². The van der Waals surface area contributed by atoms with Crippen molar-refractivity contribution >= 4 is 27.3 Å². The van der Waals surface area contributed by atoms with Crippen molar-refractivity contribution in [3.63, 3.8) is 0 Å². The van der Waals surface area contributed by atoms with Gasteiger partial charge in [-0.3, -0.25) is 9.52 Å². The fourth-order valence-electron chi connectivity index (χ4n) is 3.49. The van der Waals surface area contributed by atoms with Crippen LogP contribution in [0.1, 0.15) is 33.3 Å². The van der Waals surface area contributed by atoms with Crippen molar-refractivity contribution in [1.82, 2.24) is 0 Å². The Hall–Kier alpha value is -2.74. The van der Waals surface area contributed by atoms with Gasteiger partial charge >= 0.3 is 0 Å². The second-order valence-corrected chi connectivity index (χ2v) is 10.6. The average Bonchev–Trinajstić information content (AvgIpc) is 2.77. The first-order valence-electron chi connectivity index (χ1n) is 10.2. The molecule has 1 amide bonds. The molecule has 0 aliphatic carbocycles. The van der Waals surface area contributed by atoms with Gasteiger partial charge in [0.15, 0.2) is 0 Å². The van der Waals surface area contributed by atoms with E-state index >= 15 is 0 Å². The van der Waals surface area contributed by atoms with Crippen molar-refractivity contribution in [2.24, 2.45) is 11.3 Å². The van der Waals surface area contributed by atoms with Crippen LogP contribution in [-0.4, -0.2) is 34.6 Å². The number of ether oxygens (including phenoxy) is 2. The third-order valence-corrected chi connectivity index (χ3v) is 6.52. The molecule has 2 aromatic carbocycles. The number of nitrogens with one attached hydrogen (secondary N) is 1. The van der Waals surface area contributed by atoms with Crippen molar-refractivity contribution in [3.05, 3.63) is 42.0 Å². The van der Waals surface area contributed by atoms with Crippen LogP contribution in [-0.2, 0) is 14.8 Å². The number of amides is 1. The monoisotopic (exact) mass is 446 g/mol. The zero-order chi connectivity index (χ0) is 23.0. The molecule has 31 heavy (non-hydrogen) atoms. The van der Waals surface area contributed by atoms with Gasteiger partial charge < -0.3 is 14.4 Å². The molecule has 168 valence electrons. The lowest BCUT2D eigenvalue weighted by Gasteiger charge is -2.29. The van der Waals surface area contributed by atoms with E-state index in [9.17, 15) is 13.2 Å². The number of benzene rings is 2. The Kier molecular flexibility index (Phi) is 6.23. The summed E-state index contributed by atoms with van der Waals surface area (Å²) >= 11 is 0. The molecule has 0 saturated carbocycles. The van der Waals surface area contributed by atoms with E-state index in [1.807, 2.05) is 27.7 Å². The van der Waals surface area contributed by atoms with Crippen molar-refractivity contribution in [2.45, 2.75) is 39.5 Å². The number of methoxy groups -OCH3 is 1. The largest absolute Gasteiger partial charge is 0.496 e. The van der Waals surface area contributed by atoms with E-state index in [0.717, 1.165) is 5.56 Å². The minimum atomic E-state index is -3.80. The third kappa shape index (κ3) is 4.79. The second kappa shape index (κ2) is 8.42. The molecule has 0 bridgehead atoms. The van der Waals surface area contributed by atoms with Crippen molar-refractivity contribution < 1.29 is 22.7 Å². The Bertz CT molecular complexity index is 1090. The molecule has 1 aliphatic heterocycles. The van der Waals surface area contributed by atoms with Crippen LogP contribution in [0.15, 0.2) is 41.3 Å². The number of nitrogens with zero attached hydrogens (tertiary/aromatic N) is 1. The lowest BCUT2D eigenvalue weighted by atomic mass is 9.92. The molecule has 0 unspecified atom stereocenters. The summed E-state index contributed by atoms with van der Waals surface area (Å²) in [6, 6.07) is 9.70. The molecule has 1 aliphatic rings. The number of carbonyl (C=O) groups excluding carboxylic acids is 1. The number of carbonyl (C=O) groups is 1. The van der Waals surface area contributed by atoms with E-state index in [0.29, 0.717) is 29.4 Å². The molecule has 1 heterocycles. The summed E-state index contributed by atoms with van der Waals surface area (Å²) in [5, 5.41) is 0. The summed E-state index contributed by atoms with van der Waals surface area (Å²) in [7, 11) is -2.26. The number of fused-ring (bicyclic) bond motifs is 1. The SMILES string of the molecule is COc1ccc(S(=O)(=O)Nc2ccc3c(c2)OCC(C)(C)C(=O)N3CC(C)C)cc1C. The van der Waals surface area contributed by atoms with Crippen molar-refractivity contribution in [3.8, 4) is 11.5 Å². The maximum absolute atomic E-state index is 13.1. The molecule has 0 aromatic heterocycles. The fourth-order valence-corrected chi connectivity index (χ4v) is 4.62. The highest BCUT2D eigenvalue weighted by Crippen LogP contribution is 2.39. The lowest BCUT2D eigenvalue weighted by Crippen LogP contribution is -2.43. The molecule has 3 rings (SSSR count). The minimum absolute atomic E-state index is 0.0120. The van der Waals surface area contributed by atoms with Crippen LogP contribution in [0.25, 0.3) is 0 Å². The highest BCUT2D eigenvalue weighted by molar-refractivity contribution is 7.92. The van der Waals surface area contributed by atoms with E-state index in [1.54, 1.807) is 49.3 Å². The topological polar surface area (TPSA) is 84.9 Å². The Balaban J connectivity index is 1.95. The van der Waals surface area contributed by atoms with Gasteiger partial charge in [0.2, 0.25) is 5.91 Å². The molecule has 0 spiro atoms. The fraction of sp³-hybridized carbons (Fsp3) is 0.435. The predicted molar refractivity (Wildman–Crippen MR) is 121 cm³/mol. The summed E-state index contributed by atoms with van der Waals surface area (Å²) in [4.78, 5) is 14.9. The van der Waals surface area contributed by atoms with Gasteiger partial charge in [0.1, 0.15) is 18.1 Å². The lowest BCUT2D eigenvalue weighted by molar-refractivity contribution is -0.127. The molecule has 0 atom stereocenters.